The zero-order valence-corrected chi connectivity index (χ0v) is 14.5. The summed E-state index contributed by atoms with van der Waals surface area (Å²) in [5, 5.41) is 20.0. The Bertz CT molecular complexity index is 648. The molecule has 0 bridgehead atoms. The van der Waals surface area contributed by atoms with Crippen LogP contribution >= 0.6 is 11.8 Å². The van der Waals surface area contributed by atoms with Crippen LogP contribution in [0.1, 0.15) is 32.1 Å². The van der Waals surface area contributed by atoms with Crippen LogP contribution in [0.5, 0.6) is 5.75 Å². The van der Waals surface area contributed by atoms with Crippen LogP contribution in [0, 0.1) is 0 Å². The first-order valence-electron chi connectivity index (χ1n) is 8.00. The van der Waals surface area contributed by atoms with E-state index in [2.05, 4.69) is 10.2 Å². The molecular formula is C17H23N3O2S. The third-order valence-electron chi connectivity index (χ3n) is 4.44. The largest absolute Gasteiger partial charge is 0.497 e. The van der Waals surface area contributed by atoms with Gasteiger partial charge in [-0.25, -0.2) is 0 Å². The van der Waals surface area contributed by atoms with E-state index in [1.807, 2.05) is 35.9 Å². The molecule has 1 N–H and O–H groups in total. The summed E-state index contributed by atoms with van der Waals surface area (Å²) < 4.78 is 7.17. The summed E-state index contributed by atoms with van der Waals surface area (Å²) in [5.74, 6) is 2.33. The van der Waals surface area contributed by atoms with Gasteiger partial charge in [-0.3, -0.25) is 0 Å². The lowest BCUT2D eigenvalue weighted by Gasteiger charge is -2.31. The highest BCUT2D eigenvalue weighted by atomic mass is 32.2. The van der Waals surface area contributed by atoms with Crippen LogP contribution in [0.25, 0.3) is 11.4 Å². The van der Waals surface area contributed by atoms with E-state index < -0.39 is 5.60 Å². The van der Waals surface area contributed by atoms with E-state index in [9.17, 15) is 5.11 Å². The Morgan fingerprint density at radius 3 is 2.52 bits per heavy atom. The molecule has 1 aromatic heterocycles. The summed E-state index contributed by atoms with van der Waals surface area (Å²) in [6.07, 6.45) is 5.25. The van der Waals surface area contributed by atoms with E-state index in [0.717, 1.165) is 48.0 Å². The Labute approximate surface area is 141 Å². The molecule has 23 heavy (non-hydrogen) atoms. The summed E-state index contributed by atoms with van der Waals surface area (Å²) >= 11 is 1.59. The lowest BCUT2D eigenvalue weighted by atomic mass is 9.86. The van der Waals surface area contributed by atoms with Crippen molar-refractivity contribution in [3.8, 4) is 17.1 Å². The monoisotopic (exact) mass is 333 g/mol. The van der Waals surface area contributed by atoms with Gasteiger partial charge in [-0.05, 0) is 37.1 Å². The van der Waals surface area contributed by atoms with Crippen LogP contribution in [0.15, 0.2) is 29.4 Å². The van der Waals surface area contributed by atoms with Crippen molar-refractivity contribution in [3.05, 3.63) is 24.3 Å². The number of methoxy groups -OCH3 is 1. The van der Waals surface area contributed by atoms with Crippen LogP contribution < -0.4 is 4.74 Å². The molecule has 1 aromatic carbocycles. The van der Waals surface area contributed by atoms with Crippen molar-refractivity contribution in [2.75, 3.05) is 12.9 Å². The summed E-state index contributed by atoms with van der Waals surface area (Å²) in [7, 11) is 3.62. The van der Waals surface area contributed by atoms with Crippen molar-refractivity contribution < 1.29 is 9.84 Å². The molecule has 2 aromatic rings. The van der Waals surface area contributed by atoms with Crippen molar-refractivity contribution in [3.63, 3.8) is 0 Å². The van der Waals surface area contributed by atoms with Crippen LogP contribution in [0.2, 0.25) is 0 Å². The molecular weight excluding hydrogens is 310 g/mol. The minimum atomic E-state index is -0.546. The SMILES string of the molecule is COc1ccc(-c2nnc(SCC3(O)CCCCC3)n2C)cc1. The Kier molecular flexibility index (Phi) is 4.92. The Morgan fingerprint density at radius 2 is 1.87 bits per heavy atom. The minimum absolute atomic E-state index is 0.546. The summed E-state index contributed by atoms with van der Waals surface area (Å²) in [5.41, 5.74) is 0.457. The molecule has 0 atom stereocenters. The summed E-state index contributed by atoms with van der Waals surface area (Å²) in [6, 6.07) is 7.79. The number of nitrogens with zero attached hydrogens (tertiary/aromatic N) is 3. The average molecular weight is 333 g/mol. The van der Waals surface area contributed by atoms with Gasteiger partial charge in [0.25, 0.3) is 0 Å². The van der Waals surface area contributed by atoms with Gasteiger partial charge in [0.15, 0.2) is 11.0 Å². The van der Waals surface area contributed by atoms with E-state index in [1.165, 1.54) is 6.42 Å². The maximum Gasteiger partial charge on any atom is 0.191 e. The topological polar surface area (TPSA) is 60.2 Å². The number of aliphatic hydroxyl groups is 1. The van der Waals surface area contributed by atoms with Crippen molar-refractivity contribution >= 4 is 11.8 Å². The first-order valence-corrected chi connectivity index (χ1v) is 8.99. The van der Waals surface area contributed by atoms with Crippen LogP contribution in [0.3, 0.4) is 0 Å². The molecule has 0 radical (unpaired) electrons. The van der Waals surface area contributed by atoms with E-state index in [0.29, 0.717) is 5.75 Å². The molecule has 1 saturated carbocycles. The van der Waals surface area contributed by atoms with Crippen LogP contribution in [-0.2, 0) is 7.05 Å². The molecule has 0 aliphatic heterocycles. The van der Waals surface area contributed by atoms with Gasteiger partial charge >= 0.3 is 0 Å². The normalized spacial score (nSPS) is 17.2. The number of hydrogen-bond acceptors (Lipinski definition) is 5. The first kappa shape index (κ1) is 16.3. The molecule has 0 unspecified atom stereocenters. The maximum absolute atomic E-state index is 10.6. The molecule has 1 heterocycles. The third-order valence-corrected chi connectivity index (χ3v) is 5.73. The highest BCUT2D eigenvalue weighted by molar-refractivity contribution is 7.99. The van der Waals surface area contributed by atoms with Crippen LogP contribution in [0.4, 0.5) is 0 Å². The van der Waals surface area contributed by atoms with E-state index >= 15 is 0 Å². The fourth-order valence-electron chi connectivity index (χ4n) is 2.99. The van der Waals surface area contributed by atoms with Gasteiger partial charge in [0.1, 0.15) is 5.75 Å². The van der Waals surface area contributed by atoms with E-state index in [4.69, 9.17) is 4.74 Å². The third kappa shape index (κ3) is 3.70. The Hall–Kier alpha value is -1.53. The molecule has 5 nitrogen and oxygen atoms in total. The Balaban J connectivity index is 1.71. The highest BCUT2D eigenvalue weighted by Crippen LogP contribution is 2.33. The fourth-order valence-corrected chi connectivity index (χ4v) is 4.05. The molecule has 1 aliphatic carbocycles. The number of hydrogen-bond donors (Lipinski definition) is 1. The van der Waals surface area contributed by atoms with E-state index in [1.54, 1.807) is 18.9 Å². The Morgan fingerprint density at radius 1 is 1.17 bits per heavy atom. The standard InChI is InChI=1S/C17H23N3O2S/c1-20-15(13-6-8-14(22-2)9-7-13)18-19-16(20)23-12-17(21)10-4-3-5-11-17/h6-9,21H,3-5,10-12H2,1-2H3. The fraction of sp³-hybridized carbons (Fsp3) is 0.529. The molecule has 1 fully saturated rings. The van der Waals surface area contributed by atoms with Gasteiger partial charge in [-0.1, -0.05) is 31.0 Å². The van der Waals surface area contributed by atoms with E-state index in [-0.39, 0.29) is 0 Å². The van der Waals surface area contributed by atoms with Gasteiger partial charge in [0.05, 0.1) is 12.7 Å². The summed E-state index contributed by atoms with van der Waals surface area (Å²) in [6.45, 7) is 0. The van der Waals surface area contributed by atoms with Crippen molar-refractivity contribution in [2.24, 2.45) is 7.05 Å². The lowest BCUT2D eigenvalue weighted by molar-refractivity contribution is 0.0272. The lowest BCUT2D eigenvalue weighted by Crippen LogP contribution is -2.34. The number of rotatable bonds is 5. The molecule has 0 amide bonds. The van der Waals surface area contributed by atoms with Crippen molar-refractivity contribution in [1.29, 1.82) is 0 Å². The molecule has 6 heteroatoms. The second-order valence-corrected chi connectivity index (χ2v) is 7.11. The second kappa shape index (κ2) is 6.93. The molecule has 1 aliphatic rings. The predicted molar refractivity (Wildman–Crippen MR) is 91.7 cm³/mol. The zero-order valence-electron chi connectivity index (χ0n) is 13.7. The van der Waals surface area contributed by atoms with Gasteiger partial charge in [-0.2, -0.15) is 0 Å². The first-order chi connectivity index (χ1) is 11.1. The maximum atomic E-state index is 10.6. The number of benzene rings is 1. The molecule has 124 valence electrons. The highest BCUT2D eigenvalue weighted by Gasteiger charge is 2.30. The van der Waals surface area contributed by atoms with Crippen molar-refractivity contribution in [1.82, 2.24) is 14.8 Å². The minimum Gasteiger partial charge on any atom is -0.497 e. The average Bonchev–Trinajstić information content (AvgIpc) is 2.95. The second-order valence-electron chi connectivity index (χ2n) is 6.17. The number of aromatic nitrogens is 3. The molecule has 3 rings (SSSR count). The predicted octanol–water partition coefficient (Wildman–Crippen LogP) is 3.28. The quantitative estimate of drug-likeness (QED) is 0.851. The van der Waals surface area contributed by atoms with Gasteiger partial charge < -0.3 is 14.4 Å². The van der Waals surface area contributed by atoms with Gasteiger partial charge in [0.2, 0.25) is 0 Å². The van der Waals surface area contributed by atoms with Crippen LogP contribution in [-0.4, -0.2) is 38.3 Å². The zero-order chi connectivity index (χ0) is 16.3. The van der Waals surface area contributed by atoms with Crippen molar-refractivity contribution in [2.45, 2.75) is 42.9 Å². The number of ether oxygens (including phenoxy) is 1. The number of thioether (sulfide) groups is 1. The molecule has 0 spiro atoms. The van der Waals surface area contributed by atoms with Gasteiger partial charge in [-0.15, -0.1) is 10.2 Å². The smallest absolute Gasteiger partial charge is 0.191 e. The van der Waals surface area contributed by atoms with Gasteiger partial charge in [0, 0.05) is 18.4 Å². The molecule has 0 saturated heterocycles. The summed E-state index contributed by atoms with van der Waals surface area (Å²) in [4.78, 5) is 0.